The predicted molar refractivity (Wildman–Crippen MR) is 85.7 cm³/mol. The normalized spacial score (nSPS) is 12.4. The molecule has 0 aliphatic carbocycles. The van der Waals surface area contributed by atoms with Crippen molar-refractivity contribution in [2.24, 2.45) is 7.05 Å². The molecule has 21 heavy (non-hydrogen) atoms. The first-order valence-electron chi connectivity index (χ1n) is 7.54. The van der Waals surface area contributed by atoms with Gasteiger partial charge in [0.15, 0.2) is 0 Å². The monoisotopic (exact) mass is 287 g/mol. The average Bonchev–Trinajstić information content (AvgIpc) is 2.86. The highest BCUT2D eigenvalue weighted by Crippen LogP contribution is 2.22. The zero-order valence-electron chi connectivity index (χ0n) is 13.4. The molecule has 2 rings (SSSR count). The number of nitrogens with zero attached hydrogens (tertiary/aromatic N) is 2. The summed E-state index contributed by atoms with van der Waals surface area (Å²) in [4.78, 5) is 4.30. The average molecular weight is 287 g/mol. The zero-order chi connectivity index (χ0) is 15.2. The van der Waals surface area contributed by atoms with Crippen LogP contribution < -0.4 is 10.1 Å². The van der Waals surface area contributed by atoms with E-state index in [4.69, 9.17) is 4.74 Å². The Balaban J connectivity index is 1.93. The number of aryl methyl sites for hydroxylation is 2. The molecule has 2 aromatic rings. The molecule has 1 aromatic heterocycles. The highest BCUT2D eigenvalue weighted by molar-refractivity contribution is 5.37. The van der Waals surface area contributed by atoms with Crippen molar-refractivity contribution in [3.05, 3.63) is 47.5 Å². The van der Waals surface area contributed by atoms with Gasteiger partial charge in [-0.2, -0.15) is 0 Å². The van der Waals surface area contributed by atoms with E-state index in [1.807, 2.05) is 24.0 Å². The Morgan fingerprint density at radius 1 is 1.38 bits per heavy atom. The van der Waals surface area contributed by atoms with Crippen molar-refractivity contribution in [1.29, 1.82) is 0 Å². The van der Waals surface area contributed by atoms with Gasteiger partial charge in [0.2, 0.25) is 0 Å². The summed E-state index contributed by atoms with van der Waals surface area (Å²) >= 11 is 0. The van der Waals surface area contributed by atoms with E-state index in [2.05, 4.69) is 49.3 Å². The van der Waals surface area contributed by atoms with E-state index in [1.165, 1.54) is 11.1 Å². The van der Waals surface area contributed by atoms with Gasteiger partial charge in [-0.3, -0.25) is 0 Å². The van der Waals surface area contributed by atoms with Crippen molar-refractivity contribution in [2.75, 3.05) is 13.2 Å². The highest BCUT2D eigenvalue weighted by atomic mass is 16.5. The quantitative estimate of drug-likeness (QED) is 0.851. The largest absolute Gasteiger partial charge is 0.493 e. The third-order valence-electron chi connectivity index (χ3n) is 3.71. The molecule has 1 N–H and O–H groups in total. The summed E-state index contributed by atoms with van der Waals surface area (Å²) in [5, 5.41) is 3.42. The molecule has 0 aliphatic heterocycles. The van der Waals surface area contributed by atoms with Crippen molar-refractivity contribution in [3.8, 4) is 5.75 Å². The molecule has 1 unspecified atom stereocenters. The SMILES string of the molecule is CCNC(C)c1ccc(OCCc2nccn2C)c(C)c1. The van der Waals surface area contributed by atoms with Gasteiger partial charge in [0.1, 0.15) is 11.6 Å². The van der Waals surface area contributed by atoms with Crippen LogP contribution in [0.4, 0.5) is 0 Å². The Morgan fingerprint density at radius 2 is 2.19 bits per heavy atom. The van der Waals surface area contributed by atoms with Crippen LogP contribution in [0.15, 0.2) is 30.6 Å². The van der Waals surface area contributed by atoms with Gasteiger partial charge >= 0.3 is 0 Å². The maximum Gasteiger partial charge on any atom is 0.122 e. The van der Waals surface area contributed by atoms with E-state index >= 15 is 0 Å². The second kappa shape index (κ2) is 7.27. The molecule has 0 radical (unpaired) electrons. The molecule has 0 spiro atoms. The molecule has 0 saturated carbocycles. The van der Waals surface area contributed by atoms with Crippen LogP contribution in [0.2, 0.25) is 0 Å². The number of rotatable bonds is 7. The zero-order valence-corrected chi connectivity index (χ0v) is 13.4. The minimum atomic E-state index is 0.371. The molecule has 0 bridgehead atoms. The van der Waals surface area contributed by atoms with Crippen LogP contribution in [0.5, 0.6) is 5.75 Å². The fourth-order valence-electron chi connectivity index (χ4n) is 2.42. The number of hydrogen-bond acceptors (Lipinski definition) is 3. The fourth-order valence-corrected chi connectivity index (χ4v) is 2.42. The molecule has 1 aromatic carbocycles. The van der Waals surface area contributed by atoms with E-state index < -0.39 is 0 Å². The molecule has 0 amide bonds. The third-order valence-corrected chi connectivity index (χ3v) is 3.71. The van der Waals surface area contributed by atoms with Crippen molar-refractivity contribution in [2.45, 2.75) is 33.2 Å². The van der Waals surface area contributed by atoms with Crippen molar-refractivity contribution in [1.82, 2.24) is 14.9 Å². The van der Waals surface area contributed by atoms with Crippen LogP contribution >= 0.6 is 0 Å². The lowest BCUT2D eigenvalue weighted by Crippen LogP contribution is -2.17. The van der Waals surface area contributed by atoms with Gasteiger partial charge in [-0.15, -0.1) is 0 Å². The van der Waals surface area contributed by atoms with Crippen LogP contribution in [-0.4, -0.2) is 22.7 Å². The van der Waals surface area contributed by atoms with E-state index in [0.29, 0.717) is 12.6 Å². The number of aromatic nitrogens is 2. The molecule has 4 heteroatoms. The van der Waals surface area contributed by atoms with Crippen LogP contribution in [0.3, 0.4) is 0 Å². The fraction of sp³-hybridized carbons (Fsp3) is 0.471. The van der Waals surface area contributed by atoms with Crippen molar-refractivity contribution in [3.63, 3.8) is 0 Å². The molecule has 114 valence electrons. The van der Waals surface area contributed by atoms with Gasteiger partial charge in [-0.05, 0) is 37.6 Å². The van der Waals surface area contributed by atoms with Crippen LogP contribution in [0, 0.1) is 6.92 Å². The second-order valence-corrected chi connectivity index (χ2v) is 5.36. The van der Waals surface area contributed by atoms with Gasteiger partial charge in [-0.1, -0.05) is 19.1 Å². The lowest BCUT2D eigenvalue weighted by atomic mass is 10.1. The van der Waals surface area contributed by atoms with Crippen molar-refractivity contribution >= 4 is 0 Å². The topological polar surface area (TPSA) is 39.1 Å². The summed E-state index contributed by atoms with van der Waals surface area (Å²) in [6.07, 6.45) is 4.59. The summed E-state index contributed by atoms with van der Waals surface area (Å²) in [6.45, 7) is 8.02. The van der Waals surface area contributed by atoms with E-state index in [0.717, 1.165) is 24.5 Å². The molecular weight excluding hydrogens is 262 g/mol. The lowest BCUT2D eigenvalue weighted by Gasteiger charge is -2.15. The maximum atomic E-state index is 5.89. The number of ether oxygens (including phenoxy) is 1. The number of benzene rings is 1. The summed E-state index contributed by atoms with van der Waals surface area (Å²) in [5.41, 5.74) is 2.47. The Kier molecular flexibility index (Phi) is 5.39. The lowest BCUT2D eigenvalue weighted by molar-refractivity contribution is 0.315. The molecule has 4 nitrogen and oxygen atoms in total. The predicted octanol–water partition coefficient (Wildman–Crippen LogP) is 3.02. The first-order valence-corrected chi connectivity index (χ1v) is 7.54. The summed E-state index contributed by atoms with van der Waals surface area (Å²) < 4.78 is 7.91. The Bertz CT molecular complexity index is 577. The standard InChI is InChI=1S/C17H25N3O/c1-5-18-14(3)15-6-7-16(13(2)12-15)21-11-8-17-19-9-10-20(17)4/h6-7,9-10,12,14,18H,5,8,11H2,1-4H3. The third kappa shape index (κ3) is 4.08. The molecule has 1 heterocycles. The number of hydrogen-bond donors (Lipinski definition) is 1. The van der Waals surface area contributed by atoms with Gasteiger partial charge in [0, 0.05) is 31.9 Å². The smallest absolute Gasteiger partial charge is 0.122 e. The van der Waals surface area contributed by atoms with Gasteiger partial charge < -0.3 is 14.6 Å². The summed E-state index contributed by atoms with van der Waals surface area (Å²) in [6, 6.07) is 6.77. The number of nitrogens with one attached hydrogen (secondary N) is 1. The first-order chi connectivity index (χ1) is 10.1. The molecular formula is C17H25N3O. The van der Waals surface area contributed by atoms with E-state index in [9.17, 15) is 0 Å². The highest BCUT2D eigenvalue weighted by Gasteiger charge is 2.07. The summed E-state index contributed by atoms with van der Waals surface area (Å²) in [7, 11) is 2.00. The Labute approximate surface area is 127 Å². The van der Waals surface area contributed by atoms with Crippen LogP contribution in [-0.2, 0) is 13.5 Å². The Hall–Kier alpha value is -1.81. The van der Waals surface area contributed by atoms with Crippen molar-refractivity contribution < 1.29 is 4.74 Å². The first kappa shape index (κ1) is 15.6. The van der Waals surface area contributed by atoms with Crippen LogP contribution in [0.25, 0.3) is 0 Å². The Morgan fingerprint density at radius 3 is 2.81 bits per heavy atom. The van der Waals surface area contributed by atoms with Gasteiger partial charge in [-0.25, -0.2) is 4.98 Å². The number of imidazole rings is 1. The maximum absolute atomic E-state index is 5.89. The summed E-state index contributed by atoms with van der Waals surface area (Å²) in [5.74, 6) is 2.00. The van der Waals surface area contributed by atoms with E-state index in [1.54, 1.807) is 0 Å². The van der Waals surface area contributed by atoms with Gasteiger partial charge in [0.05, 0.1) is 6.61 Å². The molecule has 1 atom stereocenters. The second-order valence-electron chi connectivity index (χ2n) is 5.36. The van der Waals surface area contributed by atoms with E-state index in [-0.39, 0.29) is 0 Å². The molecule has 0 fully saturated rings. The minimum Gasteiger partial charge on any atom is -0.493 e. The molecule has 0 saturated heterocycles. The van der Waals surface area contributed by atoms with Gasteiger partial charge in [0.25, 0.3) is 0 Å². The molecule has 0 aliphatic rings. The van der Waals surface area contributed by atoms with Crippen LogP contribution in [0.1, 0.15) is 36.8 Å². The minimum absolute atomic E-state index is 0.371.